The second-order valence-corrected chi connectivity index (χ2v) is 9.19. The molecule has 3 N–H and O–H groups in total. The lowest BCUT2D eigenvalue weighted by Crippen LogP contribution is -2.05. The van der Waals surface area contributed by atoms with Crippen LogP contribution >= 0.6 is 27.3 Å². The van der Waals surface area contributed by atoms with Crippen LogP contribution in [0.15, 0.2) is 47.1 Å². The summed E-state index contributed by atoms with van der Waals surface area (Å²) in [5, 5.41) is 8.48. The van der Waals surface area contributed by atoms with Crippen molar-refractivity contribution in [2.75, 3.05) is 11.1 Å². The smallest absolute Gasteiger partial charge is 0.223 e. The largest absolute Gasteiger partial charge is 0.384 e. The van der Waals surface area contributed by atoms with Gasteiger partial charge in [-0.1, -0.05) is 23.5 Å². The average molecular weight is 495 g/mol. The number of nitrogen functional groups attached to an aromatic ring is 1. The number of carbonyl (C=O) groups excluding carboxylic acids is 1. The molecule has 3 aromatic heterocycles. The zero-order valence-electron chi connectivity index (χ0n) is 16.7. The van der Waals surface area contributed by atoms with E-state index in [1.807, 2.05) is 35.0 Å². The Morgan fingerprint density at radius 1 is 1.23 bits per heavy atom. The molecule has 4 aromatic rings. The molecule has 5 rings (SSSR count). The van der Waals surface area contributed by atoms with Crippen molar-refractivity contribution >= 4 is 44.1 Å². The summed E-state index contributed by atoms with van der Waals surface area (Å²) < 4.78 is 2.92. The van der Waals surface area contributed by atoms with Gasteiger partial charge in [0.1, 0.15) is 5.82 Å². The number of aromatic nitrogens is 4. The van der Waals surface area contributed by atoms with Gasteiger partial charge >= 0.3 is 0 Å². The first-order valence-corrected chi connectivity index (χ1v) is 11.5. The summed E-state index contributed by atoms with van der Waals surface area (Å²) in [4.78, 5) is 21.6. The van der Waals surface area contributed by atoms with Crippen LogP contribution in [0.5, 0.6) is 0 Å². The van der Waals surface area contributed by atoms with Crippen molar-refractivity contribution in [2.45, 2.75) is 26.2 Å². The van der Waals surface area contributed by atoms with Crippen LogP contribution in [0, 0.1) is 0 Å². The highest BCUT2D eigenvalue weighted by Crippen LogP contribution is 2.43. The lowest BCUT2D eigenvalue weighted by molar-refractivity contribution is -0.114. The standard InChI is InChI=1S/C22H19BrN6OS/c1-12(30)26-22-27-16-7-4-5-14-19(13-9-10-18(24)25-11-13)28-29(20(14)21(16)31-22)17-8-3-2-6-15(17)23/h2-3,6,8-11H,4-5,7H2,1H3,(H2,24,25)(H,26,27,30). The summed E-state index contributed by atoms with van der Waals surface area (Å²) in [6.45, 7) is 1.50. The normalized spacial score (nSPS) is 12.7. The molecular weight excluding hydrogens is 476 g/mol. The predicted octanol–water partition coefficient (Wildman–Crippen LogP) is 4.85. The predicted molar refractivity (Wildman–Crippen MR) is 126 cm³/mol. The van der Waals surface area contributed by atoms with Crippen molar-refractivity contribution in [2.24, 2.45) is 0 Å². The fourth-order valence-electron chi connectivity index (χ4n) is 3.84. The first kappa shape index (κ1) is 19.9. The van der Waals surface area contributed by atoms with Gasteiger partial charge in [-0.25, -0.2) is 14.6 Å². The van der Waals surface area contributed by atoms with Crippen LogP contribution < -0.4 is 11.1 Å². The van der Waals surface area contributed by atoms with Gasteiger partial charge in [-0.3, -0.25) is 4.79 Å². The van der Waals surface area contributed by atoms with Gasteiger partial charge in [0.15, 0.2) is 5.13 Å². The maximum atomic E-state index is 11.6. The molecule has 0 spiro atoms. The summed E-state index contributed by atoms with van der Waals surface area (Å²) in [6.07, 6.45) is 4.43. The Balaban J connectivity index is 1.78. The Morgan fingerprint density at radius 3 is 2.81 bits per heavy atom. The zero-order valence-corrected chi connectivity index (χ0v) is 19.1. The van der Waals surface area contributed by atoms with Gasteiger partial charge < -0.3 is 11.1 Å². The highest BCUT2D eigenvalue weighted by molar-refractivity contribution is 9.10. The number of nitrogens with one attached hydrogen (secondary N) is 1. The number of nitrogens with zero attached hydrogens (tertiary/aromatic N) is 4. The Morgan fingerprint density at radius 2 is 2.06 bits per heavy atom. The summed E-state index contributed by atoms with van der Waals surface area (Å²) in [7, 11) is 0. The highest BCUT2D eigenvalue weighted by atomic mass is 79.9. The van der Waals surface area contributed by atoms with Crippen molar-refractivity contribution in [1.29, 1.82) is 0 Å². The number of nitrogens with two attached hydrogens (primary N) is 1. The third kappa shape index (κ3) is 3.64. The number of carbonyl (C=O) groups is 1. The monoisotopic (exact) mass is 494 g/mol. The topological polar surface area (TPSA) is 98.7 Å². The fourth-order valence-corrected chi connectivity index (χ4v) is 5.41. The number of hydrogen-bond acceptors (Lipinski definition) is 6. The van der Waals surface area contributed by atoms with E-state index in [9.17, 15) is 4.79 Å². The molecule has 1 aromatic carbocycles. The van der Waals surface area contributed by atoms with E-state index in [0.717, 1.165) is 62.5 Å². The minimum absolute atomic E-state index is 0.128. The Labute approximate surface area is 191 Å². The van der Waals surface area contributed by atoms with E-state index in [4.69, 9.17) is 15.8 Å². The number of halogens is 1. The van der Waals surface area contributed by atoms with Crippen LogP contribution in [0.3, 0.4) is 0 Å². The third-order valence-corrected chi connectivity index (χ3v) is 6.85. The number of hydrogen-bond donors (Lipinski definition) is 2. The first-order valence-electron chi connectivity index (χ1n) is 9.87. The van der Waals surface area contributed by atoms with E-state index >= 15 is 0 Å². The molecule has 9 heteroatoms. The zero-order chi connectivity index (χ0) is 21.5. The lowest BCUT2D eigenvalue weighted by atomic mass is 10.0. The summed E-state index contributed by atoms with van der Waals surface area (Å²) >= 11 is 5.16. The van der Waals surface area contributed by atoms with Crippen LogP contribution in [0.2, 0.25) is 0 Å². The molecule has 1 aliphatic carbocycles. The number of amides is 1. The molecule has 3 heterocycles. The minimum Gasteiger partial charge on any atom is -0.384 e. The molecule has 31 heavy (non-hydrogen) atoms. The van der Waals surface area contributed by atoms with Crippen molar-refractivity contribution < 1.29 is 4.79 Å². The van der Waals surface area contributed by atoms with Crippen LogP contribution in [0.4, 0.5) is 10.9 Å². The van der Waals surface area contributed by atoms with E-state index in [1.54, 1.807) is 12.3 Å². The molecule has 0 fully saturated rings. The molecule has 0 radical (unpaired) electrons. The molecule has 1 aliphatic rings. The number of aryl methyl sites for hydroxylation is 1. The molecule has 0 unspecified atom stereocenters. The molecule has 7 nitrogen and oxygen atoms in total. The van der Waals surface area contributed by atoms with Crippen molar-refractivity contribution in [3.05, 3.63) is 58.3 Å². The minimum atomic E-state index is -0.128. The molecule has 0 bridgehead atoms. The van der Waals surface area contributed by atoms with Gasteiger partial charge in [0.05, 0.1) is 27.6 Å². The van der Waals surface area contributed by atoms with Crippen LogP contribution in [-0.2, 0) is 17.6 Å². The maximum absolute atomic E-state index is 11.6. The summed E-state index contributed by atoms with van der Waals surface area (Å²) in [5.41, 5.74) is 11.7. The van der Waals surface area contributed by atoms with Gasteiger partial charge in [-0.05, 0) is 59.5 Å². The molecule has 156 valence electrons. The van der Waals surface area contributed by atoms with Gasteiger partial charge in [0.25, 0.3) is 0 Å². The lowest BCUT2D eigenvalue weighted by Gasteiger charge is -2.09. The van der Waals surface area contributed by atoms with E-state index in [2.05, 4.69) is 26.2 Å². The van der Waals surface area contributed by atoms with Crippen LogP contribution in [0.25, 0.3) is 27.5 Å². The number of para-hydroxylation sites is 1. The van der Waals surface area contributed by atoms with E-state index in [-0.39, 0.29) is 5.91 Å². The maximum Gasteiger partial charge on any atom is 0.223 e. The average Bonchev–Trinajstić information content (AvgIpc) is 3.25. The molecule has 1 amide bonds. The first-order chi connectivity index (χ1) is 15.0. The molecular formula is C22H19BrN6OS. The van der Waals surface area contributed by atoms with Gasteiger partial charge in [-0.2, -0.15) is 5.10 Å². The number of pyridine rings is 1. The summed E-state index contributed by atoms with van der Waals surface area (Å²) in [5.74, 6) is 0.349. The number of rotatable bonds is 3. The highest BCUT2D eigenvalue weighted by Gasteiger charge is 2.29. The van der Waals surface area contributed by atoms with Crippen LogP contribution in [0.1, 0.15) is 24.6 Å². The number of thiazole rings is 1. The van der Waals surface area contributed by atoms with Crippen molar-refractivity contribution in [3.63, 3.8) is 0 Å². The Bertz CT molecular complexity index is 1290. The molecule has 0 saturated heterocycles. The Kier molecular flexibility index (Phi) is 5.07. The Hall–Kier alpha value is -3.04. The summed E-state index contributed by atoms with van der Waals surface area (Å²) in [6, 6.07) is 11.8. The van der Waals surface area contributed by atoms with Gasteiger partial charge in [0.2, 0.25) is 5.91 Å². The number of fused-ring (bicyclic) bond motifs is 3. The second kappa shape index (κ2) is 7.90. The number of anilines is 2. The van der Waals surface area contributed by atoms with E-state index in [1.165, 1.54) is 18.3 Å². The van der Waals surface area contributed by atoms with Gasteiger partial charge in [0, 0.05) is 28.7 Å². The van der Waals surface area contributed by atoms with Crippen molar-refractivity contribution in [1.82, 2.24) is 19.7 Å². The SMILES string of the molecule is CC(=O)Nc1nc2c(s1)-c1c(c(-c3ccc(N)nc3)nn1-c1ccccc1Br)CCC2. The van der Waals surface area contributed by atoms with E-state index in [0.29, 0.717) is 10.9 Å². The van der Waals surface area contributed by atoms with Gasteiger partial charge in [-0.15, -0.1) is 0 Å². The third-order valence-electron chi connectivity index (χ3n) is 5.16. The molecule has 0 aliphatic heterocycles. The van der Waals surface area contributed by atoms with Crippen LogP contribution in [-0.4, -0.2) is 25.7 Å². The second-order valence-electron chi connectivity index (χ2n) is 7.34. The molecule has 0 atom stereocenters. The molecule has 0 saturated carbocycles. The van der Waals surface area contributed by atoms with E-state index < -0.39 is 0 Å². The van der Waals surface area contributed by atoms with Crippen molar-refractivity contribution in [3.8, 4) is 27.5 Å². The number of benzene rings is 1. The quantitative estimate of drug-likeness (QED) is 0.424. The fraction of sp³-hybridized carbons (Fsp3) is 0.182.